The molecule has 1 heteroatoms. The van der Waals surface area contributed by atoms with Gasteiger partial charge in [0.25, 0.3) is 0 Å². The standard InChI is InChI=1S/C24H21N/c1-2-11-21-20-16-9-10-17-22(20)24(19-14-7-4-8-15-19)25-23(21)18-12-5-3-6-13-18/h3-10,12-17H,2,11H2,1H3. The smallest absolute Gasteiger partial charge is 0.0788 e. The first-order valence-corrected chi connectivity index (χ1v) is 8.91. The van der Waals surface area contributed by atoms with Crippen LogP contribution < -0.4 is 0 Å². The molecule has 0 spiro atoms. The molecule has 0 unspecified atom stereocenters. The summed E-state index contributed by atoms with van der Waals surface area (Å²) in [5, 5.41) is 2.55. The van der Waals surface area contributed by atoms with E-state index < -0.39 is 0 Å². The summed E-state index contributed by atoms with van der Waals surface area (Å²) in [6, 6.07) is 29.7. The molecule has 0 fully saturated rings. The molecule has 0 bridgehead atoms. The van der Waals surface area contributed by atoms with Crippen molar-refractivity contribution in [1.29, 1.82) is 0 Å². The lowest BCUT2D eigenvalue weighted by Gasteiger charge is -2.16. The molecule has 4 rings (SSSR count). The van der Waals surface area contributed by atoms with Crippen molar-refractivity contribution in [3.63, 3.8) is 0 Å². The molecular weight excluding hydrogens is 302 g/mol. The Morgan fingerprint density at radius 3 is 1.72 bits per heavy atom. The van der Waals surface area contributed by atoms with Crippen molar-refractivity contribution in [2.75, 3.05) is 0 Å². The number of aromatic nitrogens is 1. The molecule has 0 aliphatic heterocycles. The third-order valence-electron chi connectivity index (χ3n) is 4.61. The molecule has 25 heavy (non-hydrogen) atoms. The summed E-state index contributed by atoms with van der Waals surface area (Å²) in [5.74, 6) is 0. The minimum Gasteiger partial charge on any atom is -0.247 e. The van der Waals surface area contributed by atoms with Gasteiger partial charge in [0.2, 0.25) is 0 Å². The average molecular weight is 323 g/mol. The third-order valence-corrected chi connectivity index (χ3v) is 4.61. The van der Waals surface area contributed by atoms with Crippen LogP contribution in [-0.2, 0) is 6.42 Å². The molecule has 1 nitrogen and oxygen atoms in total. The Morgan fingerprint density at radius 1 is 0.600 bits per heavy atom. The second-order valence-corrected chi connectivity index (χ2v) is 6.32. The van der Waals surface area contributed by atoms with E-state index in [1.165, 1.54) is 27.5 Å². The first kappa shape index (κ1) is 15.6. The molecule has 0 N–H and O–H groups in total. The van der Waals surface area contributed by atoms with E-state index in [-0.39, 0.29) is 0 Å². The third kappa shape index (κ3) is 2.94. The minimum absolute atomic E-state index is 1.03. The molecule has 0 radical (unpaired) electrons. The van der Waals surface area contributed by atoms with Crippen molar-refractivity contribution in [1.82, 2.24) is 4.98 Å². The van der Waals surface area contributed by atoms with Gasteiger partial charge in [-0.25, -0.2) is 4.98 Å². The van der Waals surface area contributed by atoms with Crippen LogP contribution in [0.3, 0.4) is 0 Å². The highest BCUT2D eigenvalue weighted by Gasteiger charge is 2.15. The fourth-order valence-electron chi connectivity index (χ4n) is 3.47. The molecule has 0 aliphatic rings. The number of aryl methyl sites for hydroxylation is 1. The largest absolute Gasteiger partial charge is 0.247 e. The predicted octanol–water partition coefficient (Wildman–Crippen LogP) is 6.52. The molecule has 0 aliphatic carbocycles. The average Bonchev–Trinajstić information content (AvgIpc) is 2.70. The van der Waals surface area contributed by atoms with Crippen molar-refractivity contribution in [3.05, 3.63) is 90.5 Å². The van der Waals surface area contributed by atoms with Crippen LogP contribution in [0.1, 0.15) is 18.9 Å². The van der Waals surface area contributed by atoms with E-state index >= 15 is 0 Å². The van der Waals surface area contributed by atoms with Gasteiger partial charge in [0, 0.05) is 16.5 Å². The number of hydrogen-bond acceptors (Lipinski definition) is 1. The number of hydrogen-bond donors (Lipinski definition) is 0. The number of fused-ring (bicyclic) bond motifs is 1. The van der Waals surface area contributed by atoms with Crippen LogP contribution in [-0.4, -0.2) is 4.98 Å². The number of pyridine rings is 1. The number of benzene rings is 3. The van der Waals surface area contributed by atoms with Crippen LogP contribution in [0.15, 0.2) is 84.9 Å². The van der Waals surface area contributed by atoms with Gasteiger partial charge in [-0.15, -0.1) is 0 Å². The molecular formula is C24H21N. The lowest BCUT2D eigenvalue weighted by Crippen LogP contribution is -1.98. The van der Waals surface area contributed by atoms with E-state index in [0.717, 1.165) is 24.2 Å². The molecule has 1 aromatic heterocycles. The summed E-state index contributed by atoms with van der Waals surface area (Å²) >= 11 is 0. The van der Waals surface area contributed by atoms with E-state index in [0.29, 0.717) is 0 Å². The van der Waals surface area contributed by atoms with Crippen molar-refractivity contribution in [3.8, 4) is 22.5 Å². The molecule has 0 saturated carbocycles. The van der Waals surface area contributed by atoms with Crippen molar-refractivity contribution >= 4 is 10.8 Å². The van der Waals surface area contributed by atoms with Gasteiger partial charge in [-0.05, 0) is 17.4 Å². The van der Waals surface area contributed by atoms with Gasteiger partial charge in [0.1, 0.15) is 0 Å². The summed E-state index contributed by atoms with van der Waals surface area (Å²) in [6.07, 6.45) is 2.14. The van der Waals surface area contributed by atoms with E-state index in [1.807, 2.05) is 0 Å². The summed E-state index contributed by atoms with van der Waals surface area (Å²) < 4.78 is 0. The highest BCUT2D eigenvalue weighted by molar-refractivity contribution is 5.99. The molecule has 0 saturated heterocycles. The fourth-order valence-corrected chi connectivity index (χ4v) is 3.47. The summed E-state index contributed by atoms with van der Waals surface area (Å²) in [6.45, 7) is 2.23. The topological polar surface area (TPSA) is 12.9 Å². The van der Waals surface area contributed by atoms with Crippen LogP contribution in [0.5, 0.6) is 0 Å². The number of nitrogens with zero attached hydrogens (tertiary/aromatic N) is 1. The monoisotopic (exact) mass is 323 g/mol. The molecule has 0 amide bonds. The van der Waals surface area contributed by atoms with Gasteiger partial charge >= 0.3 is 0 Å². The first-order valence-electron chi connectivity index (χ1n) is 8.91. The van der Waals surface area contributed by atoms with Gasteiger partial charge in [0.15, 0.2) is 0 Å². The predicted molar refractivity (Wildman–Crippen MR) is 107 cm³/mol. The zero-order chi connectivity index (χ0) is 17.1. The molecule has 122 valence electrons. The van der Waals surface area contributed by atoms with Crippen LogP contribution in [0.2, 0.25) is 0 Å². The van der Waals surface area contributed by atoms with Gasteiger partial charge in [0.05, 0.1) is 11.4 Å². The van der Waals surface area contributed by atoms with Gasteiger partial charge in [-0.2, -0.15) is 0 Å². The van der Waals surface area contributed by atoms with E-state index in [1.54, 1.807) is 0 Å². The highest BCUT2D eigenvalue weighted by Crippen LogP contribution is 2.35. The van der Waals surface area contributed by atoms with Gasteiger partial charge in [-0.3, -0.25) is 0 Å². The maximum Gasteiger partial charge on any atom is 0.0788 e. The summed E-state index contributed by atoms with van der Waals surface area (Å²) in [7, 11) is 0. The van der Waals surface area contributed by atoms with Crippen molar-refractivity contribution < 1.29 is 0 Å². The molecule has 4 aromatic rings. The fraction of sp³-hybridized carbons (Fsp3) is 0.125. The zero-order valence-electron chi connectivity index (χ0n) is 14.4. The van der Waals surface area contributed by atoms with Gasteiger partial charge < -0.3 is 0 Å². The normalized spacial score (nSPS) is 10.9. The van der Waals surface area contributed by atoms with Crippen molar-refractivity contribution in [2.45, 2.75) is 19.8 Å². The van der Waals surface area contributed by atoms with Crippen molar-refractivity contribution in [2.24, 2.45) is 0 Å². The van der Waals surface area contributed by atoms with Crippen LogP contribution in [0.4, 0.5) is 0 Å². The SMILES string of the molecule is CCCc1c(-c2ccccc2)nc(-c2ccccc2)c2ccccc12. The summed E-state index contributed by atoms with van der Waals surface area (Å²) in [5.41, 5.74) is 5.88. The van der Waals surface area contributed by atoms with Gasteiger partial charge in [-0.1, -0.05) is 98.3 Å². The first-order chi connectivity index (χ1) is 12.4. The second-order valence-electron chi connectivity index (χ2n) is 6.32. The zero-order valence-corrected chi connectivity index (χ0v) is 14.4. The van der Waals surface area contributed by atoms with Crippen LogP contribution in [0, 0.1) is 0 Å². The Kier molecular flexibility index (Phi) is 4.30. The Labute approximate surface area is 149 Å². The minimum atomic E-state index is 1.03. The molecule has 1 heterocycles. The molecule has 3 aromatic carbocycles. The second kappa shape index (κ2) is 6.90. The Balaban J connectivity index is 2.08. The van der Waals surface area contributed by atoms with E-state index in [4.69, 9.17) is 4.98 Å². The Bertz CT molecular complexity index is 988. The lowest BCUT2D eigenvalue weighted by molar-refractivity contribution is 0.925. The number of rotatable bonds is 4. The Morgan fingerprint density at radius 2 is 1.12 bits per heavy atom. The quantitative estimate of drug-likeness (QED) is 0.416. The lowest BCUT2D eigenvalue weighted by atomic mass is 9.93. The maximum atomic E-state index is 5.16. The molecule has 0 atom stereocenters. The summed E-state index contributed by atoms with van der Waals surface area (Å²) in [4.78, 5) is 5.16. The Hall–Kier alpha value is -2.93. The maximum absolute atomic E-state index is 5.16. The van der Waals surface area contributed by atoms with E-state index in [2.05, 4.69) is 91.9 Å². The van der Waals surface area contributed by atoms with E-state index in [9.17, 15) is 0 Å². The van der Waals surface area contributed by atoms with Crippen LogP contribution in [0.25, 0.3) is 33.3 Å². The highest BCUT2D eigenvalue weighted by atomic mass is 14.7. The van der Waals surface area contributed by atoms with Crippen LogP contribution >= 0.6 is 0 Å².